The van der Waals surface area contributed by atoms with Crippen LogP contribution in [0.1, 0.15) is 40.5 Å². The molecule has 0 spiro atoms. The fourth-order valence-electron chi connectivity index (χ4n) is 2.67. The fourth-order valence-corrected chi connectivity index (χ4v) is 2.67. The van der Waals surface area contributed by atoms with Gasteiger partial charge in [0.25, 0.3) is 0 Å². The van der Waals surface area contributed by atoms with Gasteiger partial charge in [0.2, 0.25) is 5.91 Å². The van der Waals surface area contributed by atoms with Crippen LogP contribution in [-0.2, 0) is 4.79 Å². The molecule has 0 aromatic carbocycles. The lowest BCUT2D eigenvalue weighted by atomic mass is 9.90. The molecule has 0 radical (unpaired) electrons. The minimum atomic E-state index is 0.156. The molecule has 0 aliphatic carbocycles. The molecular formula is C14H29N3O. The highest BCUT2D eigenvalue weighted by atomic mass is 16.2. The van der Waals surface area contributed by atoms with Crippen LogP contribution in [0.3, 0.4) is 0 Å². The summed E-state index contributed by atoms with van der Waals surface area (Å²) >= 11 is 0. The quantitative estimate of drug-likeness (QED) is 0.750. The summed E-state index contributed by atoms with van der Waals surface area (Å²) in [5, 5.41) is 6.45. The van der Waals surface area contributed by atoms with E-state index >= 15 is 0 Å². The number of nitrogens with zero attached hydrogens (tertiary/aromatic N) is 1. The summed E-state index contributed by atoms with van der Waals surface area (Å²) < 4.78 is 0. The molecule has 2 N–H and O–H groups in total. The molecule has 1 rings (SSSR count). The van der Waals surface area contributed by atoms with Crippen LogP contribution in [0.25, 0.3) is 0 Å². The van der Waals surface area contributed by atoms with Gasteiger partial charge in [0, 0.05) is 12.1 Å². The summed E-state index contributed by atoms with van der Waals surface area (Å²) in [6.45, 7) is 12.1. The van der Waals surface area contributed by atoms with Crippen molar-refractivity contribution in [3.63, 3.8) is 0 Å². The Hall–Kier alpha value is -0.610. The van der Waals surface area contributed by atoms with E-state index in [1.807, 2.05) is 13.8 Å². The van der Waals surface area contributed by atoms with Gasteiger partial charge in [-0.15, -0.1) is 0 Å². The number of hydrogen-bond donors (Lipinski definition) is 2. The van der Waals surface area contributed by atoms with Gasteiger partial charge in [0.15, 0.2) is 0 Å². The number of rotatable bonds is 6. The van der Waals surface area contributed by atoms with Gasteiger partial charge in [0.05, 0.1) is 6.54 Å². The van der Waals surface area contributed by atoms with Crippen LogP contribution in [0.15, 0.2) is 0 Å². The molecule has 0 aromatic rings. The molecule has 1 heterocycles. The van der Waals surface area contributed by atoms with Crippen molar-refractivity contribution in [1.82, 2.24) is 15.5 Å². The minimum Gasteiger partial charge on any atom is -0.353 e. The summed E-state index contributed by atoms with van der Waals surface area (Å²) in [6.07, 6.45) is 2.40. The van der Waals surface area contributed by atoms with Crippen molar-refractivity contribution in [2.24, 2.45) is 5.92 Å². The second-order valence-corrected chi connectivity index (χ2v) is 5.68. The Morgan fingerprint density at radius 2 is 1.89 bits per heavy atom. The first-order chi connectivity index (χ1) is 8.52. The summed E-state index contributed by atoms with van der Waals surface area (Å²) in [5.74, 6) is 0.914. The Morgan fingerprint density at radius 3 is 2.39 bits per heavy atom. The Morgan fingerprint density at radius 1 is 1.28 bits per heavy atom. The zero-order chi connectivity index (χ0) is 13.5. The van der Waals surface area contributed by atoms with Gasteiger partial charge in [-0.3, -0.25) is 9.69 Å². The monoisotopic (exact) mass is 255 g/mol. The zero-order valence-corrected chi connectivity index (χ0v) is 12.3. The minimum absolute atomic E-state index is 0.156. The van der Waals surface area contributed by atoms with E-state index in [2.05, 4.69) is 29.4 Å². The lowest BCUT2D eigenvalue weighted by molar-refractivity contribution is -0.123. The van der Waals surface area contributed by atoms with Gasteiger partial charge in [-0.05, 0) is 59.2 Å². The molecular weight excluding hydrogens is 226 g/mol. The molecule has 1 atom stereocenters. The van der Waals surface area contributed by atoms with Crippen molar-refractivity contribution in [3.05, 3.63) is 0 Å². The molecule has 4 nitrogen and oxygen atoms in total. The predicted molar refractivity (Wildman–Crippen MR) is 75.6 cm³/mol. The number of likely N-dealkylation sites (tertiary alicyclic amines) is 1. The van der Waals surface area contributed by atoms with Crippen LogP contribution in [0.5, 0.6) is 0 Å². The predicted octanol–water partition coefficient (Wildman–Crippen LogP) is 1.22. The molecule has 1 fully saturated rings. The number of hydrogen-bond acceptors (Lipinski definition) is 3. The van der Waals surface area contributed by atoms with Crippen molar-refractivity contribution in [3.8, 4) is 0 Å². The number of carbonyl (C=O) groups excluding carboxylic acids is 1. The van der Waals surface area contributed by atoms with E-state index in [1.54, 1.807) is 0 Å². The molecule has 0 saturated carbocycles. The van der Waals surface area contributed by atoms with E-state index in [9.17, 15) is 4.79 Å². The number of nitrogens with one attached hydrogen (secondary N) is 2. The molecule has 0 aromatic heterocycles. The van der Waals surface area contributed by atoms with Gasteiger partial charge in [-0.2, -0.15) is 0 Å². The Bertz CT molecular complexity index is 247. The third-order valence-electron chi connectivity index (χ3n) is 3.68. The second kappa shape index (κ2) is 7.74. The highest BCUT2D eigenvalue weighted by Gasteiger charge is 2.24. The van der Waals surface area contributed by atoms with E-state index in [-0.39, 0.29) is 11.9 Å². The lowest BCUT2D eigenvalue weighted by Crippen LogP contribution is -2.46. The van der Waals surface area contributed by atoms with Gasteiger partial charge in [-0.1, -0.05) is 6.92 Å². The standard InChI is InChI=1S/C14H29N3O/c1-5-15-12(4)13-6-8-17(9-7-13)10-14(18)16-11(2)3/h11-13,15H,5-10H2,1-4H3,(H,16,18). The molecule has 4 heteroatoms. The van der Waals surface area contributed by atoms with Gasteiger partial charge < -0.3 is 10.6 Å². The average Bonchev–Trinajstić information content (AvgIpc) is 2.29. The Balaban J connectivity index is 2.24. The third-order valence-corrected chi connectivity index (χ3v) is 3.68. The van der Waals surface area contributed by atoms with Crippen LogP contribution in [0.4, 0.5) is 0 Å². The number of piperidine rings is 1. The Kier molecular flexibility index (Phi) is 6.65. The number of carbonyl (C=O) groups is 1. The van der Waals surface area contributed by atoms with Gasteiger partial charge in [-0.25, -0.2) is 0 Å². The van der Waals surface area contributed by atoms with Gasteiger partial charge in [0.1, 0.15) is 0 Å². The molecule has 18 heavy (non-hydrogen) atoms. The first-order valence-corrected chi connectivity index (χ1v) is 7.28. The van der Waals surface area contributed by atoms with E-state index in [4.69, 9.17) is 0 Å². The zero-order valence-electron chi connectivity index (χ0n) is 12.3. The maximum atomic E-state index is 11.7. The van der Waals surface area contributed by atoms with Crippen LogP contribution in [0, 0.1) is 5.92 Å². The summed E-state index contributed by atoms with van der Waals surface area (Å²) in [7, 11) is 0. The molecule has 1 aliphatic heterocycles. The molecule has 1 saturated heterocycles. The molecule has 1 aliphatic rings. The van der Waals surface area contributed by atoms with Gasteiger partial charge >= 0.3 is 0 Å². The molecule has 0 bridgehead atoms. The van der Waals surface area contributed by atoms with E-state index in [1.165, 1.54) is 12.8 Å². The SMILES string of the molecule is CCNC(C)C1CCN(CC(=O)NC(C)C)CC1. The van der Waals surface area contributed by atoms with Crippen molar-refractivity contribution in [2.75, 3.05) is 26.2 Å². The van der Waals surface area contributed by atoms with Crippen molar-refractivity contribution < 1.29 is 4.79 Å². The molecule has 106 valence electrons. The van der Waals surface area contributed by atoms with Crippen molar-refractivity contribution in [2.45, 2.75) is 52.6 Å². The summed E-state index contributed by atoms with van der Waals surface area (Å²) in [5.41, 5.74) is 0. The van der Waals surface area contributed by atoms with Crippen LogP contribution in [0.2, 0.25) is 0 Å². The molecule has 1 unspecified atom stereocenters. The first kappa shape index (κ1) is 15.4. The maximum absolute atomic E-state index is 11.7. The fraction of sp³-hybridized carbons (Fsp3) is 0.929. The van der Waals surface area contributed by atoms with Crippen LogP contribution < -0.4 is 10.6 Å². The second-order valence-electron chi connectivity index (χ2n) is 5.68. The van der Waals surface area contributed by atoms with Crippen molar-refractivity contribution in [1.29, 1.82) is 0 Å². The Labute approximate surface area is 111 Å². The largest absolute Gasteiger partial charge is 0.353 e. The van der Waals surface area contributed by atoms with Crippen LogP contribution >= 0.6 is 0 Å². The highest BCUT2D eigenvalue weighted by Crippen LogP contribution is 2.20. The van der Waals surface area contributed by atoms with E-state index < -0.39 is 0 Å². The topological polar surface area (TPSA) is 44.4 Å². The average molecular weight is 255 g/mol. The maximum Gasteiger partial charge on any atom is 0.234 e. The van der Waals surface area contributed by atoms with Crippen molar-refractivity contribution >= 4 is 5.91 Å². The smallest absolute Gasteiger partial charge is 0.234 e. The van der Waals surface area contributed by atoms with E-state index in [0.717, 1.165) is 25.6 Å². The summed E-state index contributed by atoms with van der Waals surface area (Å²) in [4.78, 5) is 13.9. The highest BCUT2D eigenvalue weighted by molar-refractivity contribution is 5.78. The van der Waals surface area contributed by atoms with Crippen LogP contribution in [-0.4, -0.2) is 49.1 Å². The van der Waals surface area contributed by atoms with E-state index in [0.29, 0.717) is 12.6 Å². The normalized spacial score (nSPS) is 20.1. The lowest BCUT2D eigenvalue weighted by Gasteiger charge is -2.34. The first-order valence-electron chi connectivity index (χ1n) is 7.28. The number of amides is 1. The third kappa shape index (κ3) is 5.36. The molecule has 1 amide bonds. The summed E-state index contributed by atoms with van der Waals surface area (Å²) in [6, 6.07) is 0.838.